The first-order chi connectivity index (χ1) is 9.65. The van der Waals surface area contributed by atoms with Crippen LogP contribution in [0.3, 0.4) is 0 Å². The first kappa shape index (κ1) is 11.9. The maximum atomic E-state index is 11.7. The van der Waals surface area contributed by atoms with Crippen LogP contribution in [0.5, 0.6) is 0 Å². The van der Waals surface area contributed by atoms with Gasteiger partial charge in [-0.15, -0.1) is 5.10 Å². The Kier molecular flexibility index (Phi) is 2.68. The first-order valence-electron chi connectivity index (χ1n) is 5.55. The number of nitro groups is 1. The Morgan fingerprint density at radius 2 is 1.85 bits per heavy atom. The highest BCUT2D eigenvalue weighted by molar-refractivity contribution is 5.46. The first-order valence-corrected chi connectivity index (χ1v) is 5.55. The topological polar surface area (TPSA) is 104 Å². The average Bonchev–Trinajstić information content (AvgIpc) is 3.06. The molecule has 3 aromatic rings. The predicted molar refractivity (Wildman–Crippen MR) is 66.5 cm³/mol. The van der Waals surface area contributed by atoms with Crippen LogP contribution in [0.25, 0.3) is 17.3 Å². The predicted octanol–water partition coefficient (Wildman–Crippen LogP) is 1.99. The van der Waals surface area contributed by atoms with E-state index < -0.39 is 16.6 Å². The minimum Gasteiger partial charge on any atom is -0.395 e. The molecular formula is C12H7N3O5. The van der Waals surface area contributed by atoms with Gasteiger partial charge in [0.25, 0.3) is 5.89 Å². The smallest absolute Gasteiger partial charge is 0.395 e. The van der Waals surface area contributed by atoms with Gasteiger partial charge in [-0.3, -0.25) is 10.1 Å². The molecule has 8 heteroatoms. The quantitative estimate of drug-likeness (QED) is 0.533. The van der Waals surface area contributed by atoms with Gasteiger partial charge in [0.1, 0.15) is 4.92 Å². The molecule has 3 rings (SSSR count). The van der Waals surface area contributed by atoms with Crippen LogP contribution < -0.4 is 5.76 Å². The van der Waals surface area contributed by atoms with Crippen molar-refractivity contribution in [3.8, 4) is 17.3 Å². The number of furan rings is 1. The summed E-state index contributed by atoms with van der Waals surface area (Å²) in [4.78, 5) is 21.6. The Bertz CT molecular complexity index is 815. The van der Waals surface area contributed by atoms with Gasteiger partial charge in [-0.1, -0.05) is 18.2 Å². The van der Waals surface area contributed by atoms with E-state index >= 15 is 0 Å². The molecule has 0 bridgehead atoms. The largest absolute Gasteiger partial charge is 0.442 e. The van der Waals surface area contributed by atoms with E-state index in [-0.39, 0.29) is 11.7 Å². The lowest BCUT2D eigenvalue weighted by atomic mass is 10.3. The summed E-state index contributed by atoms with van der Waals surface area (Å²) in [6.07, 6.45) is 0. The Morgan fingerprint density at radius 3 is 2.50 bits per heavy atom. The Labute approximate surface area is 111 Å². The van der Waals surface area contributed by atoms with Crippen LogP contribution in [-0.2, 0) is 0 Å². The second-order valence-corrected chi connectivity index (χ2v) is 3.82. The Balaban J connectivity index is 2.04. The minimum atomic E-state index is -0.703. The number of aromatic nitrogens is 2. The summed E-state index contributed by atoms with van der Waals surface area (Å²) in [5.41, 5.74) is 0.522. The van der Waals surface area contributed by atoms with Crippen molar-refractivity contribution in [2.75, 3.05) is 0 Å². The molecule has 0 aliphatic rings. The highest BCUT2D eigenvalue weighted by Gasteiger charge is 2.19. The molecule has 0 radical (unpaired) electrons. The second kappa shape index (κ2) is 4.50. The van der Waals surface area contributed by atoms with Gasteiger partial charge >= 0.3 is 11.6 Å². The maximum Gasteiger partial charge on any atom is 0.442 e. The third-order valence-corrected chi connectivity index (χ3v) is 2.53. The summed E-state index contributed by atoms with van der Waals surface area (Å²) in [5, 5.41) is 14.5. The SMILES string of the molecule is O=c1oc(-c2ccc([N+](=O)[O-])o2)nn1-c1ccccc1. The van der Waals surface area contributed by atoms with Gasteiger partial charge in [-0.2, -0.15) is 4.68 Å². The molecule has 2 aromatic heterocycles. The molecule has 0 aliphatic carbocycles. The summed E-state index contributed by atoms with van der Waals surface area (Å²) in [5.74, 6) is -1.25. The van der Waals surface area contributed by atoms with Crippen molar-refractivity contribution < 1.29 is 13.8 Å². The van der Waals surface area contributed by atoms with E-state index in [0.717, 1.165) is 10.7 Å². The van der Waals surface area contributed by atoms with Crippen molar-refractivity contribution in [2.24, 2.45) is 0 Å². The third kappa shape index (κ3) is 1.99. The summed E-state index contributed by atoms with van der Waals surface area (Å²) in [6.45, 7) is 0. The zero-order chi connectivity index (χ0) is 14.1. The lowest BCUT2D eigenvalue weighted by molar-refractivity contribution is -0.401. The van der Waals surface area contributed by atoms with Gasteiger partial charge in [0, 0.05) is 0 Å². The highest BCUT2D eigenvalue weighted by atomic mass is 16.6. The minimum absolute atomic E-state index is 0.0171. The van der Waals surface area contributed by atoms with Crippen molar-refractivity contribution in [1.29, 1.82) is 0 Å². The molecule has 0 unspecified atom stereocenters. The number of benzene rings is 1. The lowest BCUT2D eigenvalue weighted by Gasteiger charge is -1.95. The van der Waals surface area contributed by atoms with Crippen molar-refractivity contribution in [1.82, 2.24) is 9.78 Å². The molecule has 20 heavy (non-hydrogen) atoms. The maximum absolute atomic E-state index is 11.7. The Morgan fingerprint density at radius 1 is 1.10 bits per heavy atom. The molecule has 0 aliphatic heterocycles. The molecule has 0 N–H and O–H groups in total. The summed E-state index contributed by atoms with van der Waals surface area (Å²) < 4.78 is 10.9. The second-order valence-electron chi connectivity index (χ2n) is 3.82. The van der Waals surface area contributed by atoms with Gasteiger partial charge < -0.3 is 8.83 Å². The Hall–Kier alpha value is -3.16. The molecular weight excluding hydrogens is 266 g/mol. The molecule has 0 saturated carbocycles. The van der Waals surface area contributed by atoms with Crippen LogP contribution in [0.4, 0.5) is 5.88 Å². The van der Waals surface area contributed by atoms with Gasteiger partial charge in [0.05, 0.1) is 11.8 Å². The number of hydrogen-bond acceptors (Lipinski definition) is 6. The van der Waals surface area contributed by atoms with Gasteiger partial charge in [-0.05, 0) is 18.2 Å². The van der Waals surface area contributed by atoms with Crippen molar-refractivity contribution in [3.63, 3.8) is 0 Å². The normalized spacial score (nSPS) is 10.6. The fraction of sp³-hybridized carbons (Fsp3) is 0. The number of para-hydroxylation sites is 1. The van der Waals surface area contributed by atoms with Crippen LogP contribution in [0.1, 0.15) is 0 Å². The van der Waals surface area contributed by atoms with E-state index in [1.54, 1.807) is 30.3 Å². The van der Waals surface area contributed by atoms with E-state index in [9.17, 15) is 14.9 Å². The fourth-order valence-corrected chi connectivity index (χ4v) is 1.65. The highest BCUT2D eigenvalue weighted by Crippen LogP contribution is 2.23. The van der Waals surface area contributed by atoms with Crippen LogP contribution in [-0.4, -0.2) is 14.7 Å². The van der Waals surface area contributed by atoms with Crippen LogP contribution >= 0.6 is 0 Å². The van der Waals surface area contributed by atoms with Crippen molar-refractivity contribution >= 4 is 5.88 Å². The molecule has 0 atom stereocenters. The molecule has 0 fully saturated rings. The fourth-order valence-electron chi connectivity index (χ4n) is 1.65. The lowest BCUT2D eigenvalue weighted by Crippen LogP contribution is -2.12. The standard InChI is InChI=1S/C12H7N3O5/c16-12-14(8-4-2-1-3-5-8)13-11(20-12)9-6-7-10(19-9)15(17)18/h1-7H. The number of hydrogen-bond donors (Lipinski definition) is 0. The van der Waals surface area contributed by atoms with E-state index in [1.807, 2.05) is 0 Å². The van der Waals surface area contributed by atoms with E-state index in [2.05, 4.69) is 5.10 Å². The molecule has 0 amide bonds. The van der Waals surface area contributed by atoms with Crippen LogP contribution in [0.2, 0.25) is 0 Å². The monoisotopic (exact) mass is 273 g/mol. The molecule has 8 nitrogen and oxygen atoms in total. The zero-order valence-electron chi connectivity index (χ0n) is 9.92. The van der Waals surface area contributed by atoms with Gasteiger partial charge in [-0.25, -0.2) is 4.79 Å². The van der Waals surface area contributed by atoms with Gasteiger partial charge in [0.2, 0.25) is 0 Å². The van der Waals surface area contributed by atoms with Crippen LogP contribution in [0.15, 0.2) is 56.1 Å². The molecule has 1 aromatic carbocycles. The van der Waals surface area contributed by atoms with Crippen molar-refractivity contribution in [2.45, 2.75) is 0 Å². The number of rotatable bonds is 3. The van der Waals surface area contributed by atoms with Crippen LogP contribution in [0, 0.1) is 10.1 Å². The van der Waals surface area contributed by atoms with E-state index in [0.29, 0.717) is 5.69 Å². The summed E-state index contributed by atoms with van der Waals surface area (Å²) in [7, 11) is 0. The summed E-state index contributed by atoms with van der Waals surface area (Å²) in [6, 6.07) is 11.1. The molecule has 100 valence electrons. The summed E-state index contributed by atoms with van der Waals surface area (Å²) >= 11 is 0. The van der Waals surface area contributed by atoms with Crippen molar-refractivity contribution in [3.05, 3.63) is 63.1 Å². The zero-order valence-corrected chi connectivity index (χ0v) is 9.92. The van der Waals surface area contributed by atoms with Gasteiger partial charge in [0.15, 0.2) is 5.76 Å². The average molecular weight is 273 g/mol. The van der Waals surface area contributed by atoms with E-state index in [1.165, 1.54) is 6.07 Å². The number of nitrogens with zero attached hydrogens (tertiary/aromatic N) is 3. The molecule has 0 saturated heterocycles. The third-order valence-electron chi connectivity index (χ3n) is 2.53. The molecule has 0 spiro atoms. The molecule has 2 heterocycles. The van der Waals surface area contributed by atoms with E-state index in [4.69, 9.17) is 8.83 Å².